The van der Waals surface area contributed by atoms with E-state index in [1.165, 1.54) is 11.3 Å². The molecule has 0 radical (unpaired) electrons. The average molecular weight is 698 g/mol. The fraction of sp³-hybridized carbons (Fsp3) is 0.316. The van der Waals surface area contributed by atoms with Gasteiger partial charge in [0, 0.05) is 18.7 Å². The number of fused-ring (bicyclic) bond motifs is 1. The summed E-state index contributed by atoms with van der Waals surface area (Å²) in [6, 6.07) is 21.3. The summed E-state index contributed by atoms with van der Waals surface area (Å²) in [6.07, 6.45) is 1.76. The number of thiazole rings is 1. The second-order valence-corrected chi connectivity index (χ2v) is 12.4. The lowest BCUT2D eigenvalue weighted by Crippen LogP contribution is -2.43. The molecule has 12 heteroatoms. The summed E-state index contributed by atoms with van der Waals surface area (Å²) in [4.78, 5) is 47.8. The molecule has 1 saturated heterocycles. The van der Waals surface area contributed by atoms with Crippen molar-refractivity contribution in [2.75, 3.05) is 52.7 Å². The minimum absolute atomic E-state index is 0.125. The van der Waals surface area contributed by atoms with Crippen LogP contribution in [0.2, 0.25) is 0 Å². The molecule has 1 amide bonds. The minimum Gasteiger partial charge on any atom is -0.494 e. The molecule has 2 aliphatic rings. The van der Waals surface area contributed by atoms with Gasteiger partial charge in [0.15, 0.2) is 22.9 Å². The van der Waals surface area contributed by atoms with Gasteiger partial charge in [0.1, 0.15) is 5.75 Å². The van der Waals surface area contributed by atoms with Crippen LogP contribution in [-0.2, 0) is 19.1 Å². The third-order valence-electron chi connectivity index (χ3n) is 8.16. The highest BCUT2D eigenvalue weighted by Crippen LogP contribution is 2.36. The molecule has 260 valence electrons. The Morgan fingerprint density at radius 1 is 0.900 bits per heavy atom. The summed E-state index contributed by atoms with van der Waals surface area (Å²) in [7, 11) is 0. The van der Waals surface area contributed by atoms with E-state index in [0.717, 1.165) is 5.56 Å². The van der Waals surface area contributed by atoms with Crippen molar-refractivity contribution < 1.29 is 33.3 Å². The van der Waals surface area contributed by atoms with E-state index in [1.54, 1.807) is 40.7 Å². The second-order valence-electron chi connectivity index (χ2n) is 11.4. The third kappa shape index (κ3) is 7.51. The number of esters is 1. The zero-order chi connectivity index (χ0) is 35.0. The maximum absolute atomic E-state index is 14.3. The largest absolute Gasteiger partial charge is 0.494 e. The van der Waals surface area contributed by atoms with Gasteiger partial charge < -0.3 is 28.6 Å². The zero-order valence-corrected chi connectivity index (χ0v) is 29.1. The quantitative estimate of drug-likeness (QED) is 0.204. The number of nitrogens with zero attached hydrogens (tertiary/aromatic N) is 3. The Balaban J connectivity index is 1.43. The van der Waals surface area contributed by atoms with Crippen molar-refractivity contribution >= 4 is 35.0 Å². The molecule has 2 aliphatic heterocycles. The highest BCUT2D eigenvalue weighted by Gasteiger charge is 2.35. The molecule has 1 atom stereocenters. The van der Waals surface area contributed by atoms with Crippen molar-refractivity contribution in [1.82, 2.24) is 9.47 Å². The molecule has 4 aromatic rings. The van der Waals surface area contributed by atoms with E-state index < -0.39 is 12.0 Å². The monoisotopic (exact) mass is 697 g/mol. The van der Waals surface area contributed by atoms with Gasteiger partial charge in [-0.05, 0) is 62.2 Å². The maximum atomic E-state index is 14.3. The predicted octanol–water partition coefficient (Wildman–Crippen LogP) is 3.97. The van der Waals surface area contributed by atoms with E-state index in [9.17, 15) is 14.4 Å². The van der Waals surface area contributed by atoms with Gasteiger partial charge in [0.05, 0.1) is 54.9 Å². The Morgan fingerprint density at radius 2 is 1.64 bits per heavy atom. The average Bonchev–Trinajstić information content (AvgIpc) is 3.45. The summed E-state index contributed by atoms with van der Waals surface area (Å²) in [5.41, 5.74) is 2.54. The lowest BCUT2D eigenvalue weighted by atomic mass is 9.93. The number of hydrogen-bond donors (Lipinski definition) is 0. The highest BCUT2D eigenvalue weighted by atomic mass is 32.1. The molecule has 11 nitrogen and oxygen atoms in total. The van der Waals surface area contributed by atoms with E-state index >= 15 is 0 Å². The topological polar surface area (TPSA) is 118 Å². The number of rotatable bonds is 12. The Bertz CT molecular complexity index is 2050. The molecule has 0 unspecified atom stereocenters. The molecular formula is C38H39N3O8S. The van der Waals surface area contributed by atoms with Crippen LogP contribution in [0.1, 0.15) is 43.5 Å². The molecule has 3 heterocycles. The van der Waals surface area contributed by atoms with Crippen molar-refractivity contribution in [3.8, 4) is 17.2 Å². The smallest absolute Gasteiger partial charge is 0.338 e. The summed E-state index contributed by atoms with van der Waals surface area (Å²) in [6.45, 7) is 8.51. The van der Waals surface area contributed by atoms with Crippen LogP contribution < -0.4 is 29.1 Å². The lowest BCUT2D eigenvalue weighted by molar-refractivity contribution is -0.139. The SMILES string of the molecule is CCOC(=O)C1=C(c2ccccc2)N=c2s/c(=C\c3ccc(OCC(=O)N4CCOCC4)c(OCC)c3)c(=O)n2[C@@H]1c1ccc(OCC)cc1. The molecule has 0 N–H and O–H groups in total. The minimum atomic E-state index is -0.808. The maximum Gasteiger partial charge on any atom is 0.338 e. The van der Waals surface area contributed by atoms with Crippen molar-refractivity contribution in [3.63, 3.8) is 0 Å². The van der Waals surface area contributed by atoms with E-state index in [0.29, 0.717) is 82.9 Å². The molecule has 0 spiro atoms. The predicted molar refractivity (Wildman–Crippen MR) is 189 cm³/mol. The van der Waals surface area contributed by atoms with Crippen LogP contribution in [-0.4, -0.2) is 74.1 Å². The van der Waals surface area contributed by atoms with Crippen LogP contribution >= 0.6 is 11.3 Å². The van der Waals surface area contributed by atoms with Crippen molar-refractivity contribution in [3.05, 3.63) is 115 Å². The molecule has 1 aromatic heterocycles. The van der Waals surface area contributed by atoms with E-state index in [1.807, 2.05) is 68.4 Å². The van der Waals surface area contributed by atoms with Gasteiger partial charge in [-0.15, -0.1) is 0 Å². The first-order valence-electron chi connectivity index (χ1n) is 16.7. The first kappa shape index (κ1) is 34.7. The Morgan fingerprint density at radius 3 is 2.34 bits per heavy atom. The van der Waals surface area contributed by atoms with Gasteiger partial charge >= 0.3 is 5.97 Å². The molecule has 1 fully saturated rings. The Hall–Kier alpha value is -5.20. The molecule has 6 rings (SSSR count). The number of morpholine rings is 1. The van der Waals surface area contributed by atoms with Crippen LogP contribution in [0.3, 0.4) is 0 Å². The number of benzene rings is 3. The van der Waals surface area contributed by atoms with Crippen LogP contribution in [0, 0.1) is 0 Å². The highest BCUT2D eigenvalue weighted by molar-refractivity contribution is 7.07. The van der Waals surface area contributed by atoms with Crippen molar-refractivity contribution in [1.29, 1.82) is 0 Å². The normalized spacial score (nSPS) is 16.0. The van der Waals surface area contributed by atoms with E-state index in [2.05, 4.69) is 0 Å². The fourth-order valence-corrected chi connectivity index (χ4v) is 6.87. The number of hydrogen-bond acceptors (Lipinski definition) is 10. The van der Waals surface area contributed by atoms with Gasteiger partial charge in [-0.3, -0.25) is 14.2 Å². The Kier molecular flexibility index (Phi) is 11.1. The van der Waals surface area contributed by atoms with Crippen molar-refractivity contribution in [2.24, 2.45) is 4.99 Å². The summed E-state index contributed by atoms with van der Waals surface area (Å²) < 4.78 is 30.3. The second kappa shape index (κ2) is 16.0. The number of aromatic nitrogens is 1. The zero-order valence-electron chi connectivity index (χ0n) is 28.3. The van der Waals surface area contributed by atoms with E-state index in [-0.39, 0.29) is 30.3 Å². The molecule has 0 saturated carbocycles. The number of carbonyl (C=O) groups is 2. The van der Waals surface area contributed by atoms with Gasteiger partial charge in [-0.25, -0.2) is 9.79 Å². The molecule has 3 aromatic carbocycles. The number of amides is 1. The van der Waals surface area contributed by atoms with Crippen LogP contribution in [0.4, 0.5) is 0 Å². The summed E-state index contributed by atoms with van der Waals surface area (Å²) in [5, 5.41) is 0. The molecule has 0 aliphatic carbocycles. The first-order chi connectivity index (χ1) is 24.4. The number of ether oxygens (including phenoxy) is 5. The van der Waals surface area contributed by atoms with Gasteiger partial charge in [0.25, 0.3) is 11.5 Å². The number of carbonyl (C=O) groups excluding carboxylic acids is 2. The molecule has 0 bridgehead atoms. The van der Waals surface area contributed by atoms with Crippen LogP contribution in [0.15, 0.2) is 88.2 Å². The summed E-state index contributed by atoms with van der Waals surface area (Å²) in [5.74, 6) is 0.880. The van der Waals surface area contributed by atoms with Crippen molar-refractivity contribution in [2.45, 2.75) is 26.8 Å². The lowest BCUT2D eigenvalue weighted by Gasteiger charge is -2.26. The molecular weight excluding hydrogens is 658 g/mol. The van der Waals surface area contributed by atoms with Gasteiger partial charge in [0.2, 0.25) is 0 Å². The Labute approximate surface area is 293 Å². The van der Waals surface area contributed by atoms with Gasteiger partial charge in [-0.1, -0.05) is 59.9 Å². The standard InChI is InChI=1S/C38H39N3O8S/c1-4-46-28-15-13-27(14-16-28)35-33(37(44)48-6-3)34(26-10-8-7-9-11-26)39-38-41(35)36(43)31(50-38)23-25-12-17-29(30(22-25)47-5-2)49-24-32(42)40-18-20-45-21-19-40/h7-17,22-23,35H,4-6,18-21,24H2,1-3H3/b31-23-/t35-/m1/s1. The fourth-order valence-electron chi connectivity index (χ4n) is 5.87. The van der Waals surface area contributed by atoms with Crippen LogP contribution in [0.5, 0.6) is 17.2 Å². The van der Waals surface area contributed by atoms with E-state index in [4.69, 9.17) is 28.7 Å². The summed E-state index contributed by atoms with van der Waals surface area (Å²) >= 11 is 1.23. The third-order valence-corrected chi connectivity index (χ3v) is 9.14. The first-order valence-corrected chi connectivity index (χ1v) is 17.5. The molecule has 50 heavy (non-hydrogen) atoms. The van der Waals surface area contributed by atoms with Gasteiger partial charge in [-0.2, -0.15) is 0 Å². The van der Waals surface area contributed by atoms with Crippen LogP contribution in [0.25, 0.3) is 11.8 Å².